The monoisotopic (exact) mass is 378 g/mol. The lowest BCUT2D eigenvalue weighted by molar-refractivity contribution is -0.146. The van der Waals surface area contributed by atoms with Gasteiger partial charge >= 0.3 is 0 Å². The van der Waals surface area contributed by atoms with Crippen molar-refractivity contribution in [1.82, 2.24) is 9.80 Å². The fourth-order valence-electron chi connectivity index (χ4n) is 3.80. The summed E-state index contributed by atoms with van der Waals surface area (Å²) in [7, 11) is 0. The minimum Gasteiger partial charge on any atom is -0.378 e. The molecule has 3 rings (SSSR count). The molecule has 1 aromatic rings. The Morgan fingerprint density at radius 1 is 1.15 bits per heavy atom. The number of ether oxygens (including phenoxy) is 1. The molecule has 0 bridgehead atoms. The standard InChI is InChI=1S/C20H27ClN2O3/c1-20(2,15-5-7-16(21)8-6-15)14-18(24)23-9-3-4-17(23)19(25)22-10-12-26-13-11-22/h5-8,17H,3-4,9-14H2,1-2H3/t17-/m0/s1. The van der Waals surface area contributed by atoms with Gasteiger partial charge in [-0.2, -0.15) is 0 Å². The Labute approximate surface area is 160 Å². The van der Waals surface area contributed by atoms with E-state index in [4.69, 9.17) is 16.3 Å². The van der Waals surface area contributed by atoms with Crippen LogP contribution in [-0.2, 0) is 19.7 Å². The smallest absolute Gasteiger partial charge is 0.245 e. The Kier molecular flexibility index (Phi) is 5.88. The topological polar surface area (TPSA) is 49.9 Å². The van der Waals surface area contributed by atoms with Crippen molar-refractivity contribution in [1.29, 1.82) is 0 Å². The van der Waals surface area contributed by atoms with Crippen LogP contribution in [0, 0.1) is 0 Å². The highest BCUT2D eigenvalue weighted by Crippen LogP contribution is 2.31. The number of carbonyl (C=O) groups excluding carboxylic acids is 2. The lowest BCUT2D eigenvalue weighted by Crippen LogP contribution is -2.51. The number of carbonyl (C=O) groups is 2. The van der Waals surface area contributed by atoms with Crippen LogP contribution < -0.4 is 0 Å². The Morgan fingerprint density at radius 3 is 2.46 bits per heavy atom. The minimum atomic E-state index is -0.318. The molecule has 6 heteroatoms. The SMILES string of the molecule is CC(C)(CC(=O)N1CCC[C@H]1C(=O)N1CCOCC1)c1ccc(Cl)cc1. The van der Waals surface area contributed by atoms with Crippen LogP contribution in [0.1, 0.15) is 38.7 Å². The van der Waals surface area contributed by atoms with Crippen molar-refractivity contribution in [3.63, 3.8) is 0 Å². The minimum absolute atomic E-state index is 0.0501. The molecule has 0 radical (unpaired) electrons. The lowest BCUT2D eigenvalue weighted by atomic mass is 9.81. The van der Waals surface area contributed by atoms with Gasteiger partial charge in [0.15, 0.2) is 0 Å². The molecule has 0 spiro atoms. The molecule has 2 aliphatic rings. The molecule has 26 heavy (non-hydrogen) atoms. The molecular weight excluding hydrogens is 352 g/mol. The second-order valence-corrected chi connectivity index (χ2v) is 8.19. The van der Waals surface area contributed by atoms with Gasteiger partial charge in [0.05, 0.1) is 13.2 Å². The molecule has 142 valence electrons. The third-order valence-electron chi connectivity index (χ3n) is 5.40. The molecule has 2 fully saturated rings. The second-order valence-electron chi connectivity index (χ2n) is 7.75. The van der Waals surface area contributed by atoms with E-state index in [1.165, 1.54) is 0 Å². The maximum atomic E-state index is 13.0. The zero-order chi connectivity index (χ0) is 18.7. The summed E-state index contributed by atoms with van der Waals surface area (Å²) < 4.78 is 5.33. The van der Waals surface area contributed by atoms with Crippen molar-refractivity contribution in [2.75, 3.05) is 32.8 Å². The van der Waals surface area contributed by atoms with Crippen molar-refractivity contribution < 1.29 is 14.3 Å². The second kappa shape index (κ2) is 7.97. The predicted molar refractivity (Wildman–Crippen MR) is 101 cm³/mol. The van der Waals surface area contributed by atoms with E-state index in [-0.39, 0.29) is 23.3 Å². The van der Waals surface area contributed by atoms with Crippen LogP contribution in [0.3, 0.4) is 0 Å². The molecule has 0 unspecified atom stereocenters. The summed E-state index contributed by atoms with van der Waals surface area (Å²) >= 11 is 5.97. The maximum absolute atomic E-state index is 13.0. The van der Waals surface area contributed by atoms with Gasteiger partial charge in [-0.05, 0) is 36.0 Å². The van der Waals surface area contributed by atoms with E-state index >= 15 is 0 Å². The summed E-state index contributed by atoms with van der Waals surface area (Å²) in [6, 6.07) is 7.32. The third-order valence-corrected chi connectivity index (χ3v) is 5.65. The number of nitrogens with zero attached hydrogens (tertiary/aromatic N) is 2. The van der Waals surface area contributed by atoms with Crippen molar-refractivity contribution in [3.8, 4) is 0 Å². The van der Waals surface area contributed by atoms with Crippen LogP contribution in [0.15, 0.2) is 24.3 Å². The van der Waals surface area contributed by atoms with Crippen molar-refractivity contribution >= 4 is 23.4 Å². The van der Waals surface area contributed by atoms with Gasteiger partial charge in [-0.25, -0.2) is 0 Å². The molecule has 2 saturated heterocycles. The molecule has 5 nitrogen and oxygen atoms in total. The van der Waals surface area contributed by atoms with Crippen LogP contribution in [0.5, 0.6) is 0 Å². The fourth-order valence-corrected chi connectivity index (χ4v) is 3.93. The molecule has 0 aromatic heterocycles. The van der Waals surface area contributed by atoms with Crippen LogP contribution in [0.4, 0.5) is 0 Å². The van der Waals surface area contributed by atoms with Gasteiger partial charge in [0.2, 0.25) is 11.8 Å². The van der Waals surface area contributed by atoms with E-state index in [9.17, 15) is 9.59 Å². The lowest BCUT2D eigenvalue weighted by Gasteiger charge is -2.34. The summed E-state index contributed by atoms with van der Waals surface area (Å²) in [5.41, 5.74) is 0.766. The van der Waals surface area contributed by atoms with Gasteiger partial charge < -0.3 is 14.5 Å². The molecule has 2 amide bonds. The average molecular weight is 379 g/mol. The number of rotatable bonds is 4. The average Bonchev–Trinajstić information content (AvgIpc) is 3.12. The summed E-state index contributed by atoms with van der Waals surface area (Å²) in [4.78, 5) is 29.5. The quantitative estimate of drug-likeness (QED) is 0.809. The largest absolute Gasteiger partial charge is 0.378 e. The third kappa shape index (κ3) is 4.21. The Bertz CT molecular complexity index is 654. The molecule has 1 atom stereocenters. The number of hydrogen-bond acceptors (Lipinski definition) is 3. The molecule has 2 aliphatic heterocycles. The first-order valence-electron chi connectivity index (χ1n) is 9.30. The highest BCUT2D eigenvalue weighted by molar-refractivity contribution is 6.30. The van der Waals surface area contributed by atoms with Gasteiger partial charge in [0.1, 0.15) is 6.04 Å². The summed E-state index contributed by atoms with van der Waals surface area (Å²) in [5.74, 6) is 0.123. The first-order chi connectivity index (χ1) is 12.4. The zero-order valence-corrected chi connectivity index (χ0v) is 16.3. The fraction of sp³-hybridized carbons (Fsp3) is 0.600. The first kappa shape index (κ1) is 19.2. The van der Waals surface area contributed by atoms with Gasteiger partial charge in [-0.1, -0.05) is 37.6 Å². The molecule has 0 saturated carbocycles. The van der Waals surface area contributed by atoms with Crippen molar-refractivity contribution in [2.45, 2.75) is 44.6 Å². The summed E-state index contributed by atoms with van der Waals surface area (Å²) in [5, 5.41) is 0.687. The molecule has 2 heterocycles. The van der Waals surface area contributed by atoms with E-state index in [0.717, 1.165) is 18.4 Å². The summed E-state index contributed by atoms with van der Waals surface area (Å²) in [6.45, 7) is 7.18. The van der Waals surface area contributed by atoms with Crippen molar-refractivity contribution in [2.24, 2.45) is 0 Å². The van der Waals surface area contributed by atoms with Gasteiger partial charge in [-0.3, -0.25) is 9.59 Å². The van der Waals surface area contributed by atoms with Crippen LogP contribution in [0.25, 0.3) is 0 Å². The van der Waals surface area contributed by atoms with E-state index in [0.29, 0.717) is 44.3 Å². The highest BCUT2D eigenvalue weighted by Gasteiger charge is 2.38. The Hall–Kier alpha value is -1.59. The number of hydrogen-bond donors (Lipinski definition) is 0. The van der Waals surface area contributed by atoms with Gasteiger partial charge in [-0.15, -0.1) is 0 Å². The molecule has 0 aliphatic carbocycles. The normalized spacial score (nSPS) is 21.1. The first-order valence-corrected chi connectivity index (χ1v) is 9.68. The number of likely N-dealkylation sites (tertiary alicyclic amines) is 1. The number of morpholine rings is 1. The molecule has 0 N–H and O–H groups in total. The van der Waals surface area contributed by atoms with E-state index in [1.54, 1.807) is 4.90 Å². The van der Waals surface area contributed by atoms with Crippen LogP contribution >= 0.6 is 11.6 Å². The molecular formula is C20H27ClN2O3. The van der Waals surface area contributed by atoms with Crippen LogP contribution in [-0.4, -0.2) is 60.5 Å². The maximum Gasteiger partial charge on any atom is 0.245 e. The molecule has 1 aromatic carbocycles. The van der Waals surface area contributed by atoms with Crippen LogP contribution in [0.2, 0.25) is 5.02 Å². The summed E-state index contributed by atoms with van der Waals surface area (Å²) in [6.07, 6.45) is 2.01. The Balaban J connectivity index is 1.67. The van der Waals surface area contributed by atoms with E-state index in [2.05, 4.69) is 13.8 Å². The number of amides is 2. The zero-order valence-electron chi connectivity index (χ0n) is 15.5. The predicted octanol–water partition coefficient (Wildman–Crippen LogP) is 2.86. The van der Waals surface area contributed by atoms with Gasteiger partial charge in [0.25, 0.3) is 0 Å². The van der Waals surface area contributed by atoms with Crippen molar-refractivity contribution in [3.05, 3.63) is 34.9 Å². The number of halogens is 1. The van der Waals surface area contributed by atoms with E-state index in [1.807, 2.05) is 29.2 Å². The van der Waals surface area contributed by atoms with Gasteiger partial charge in [0, 0.05) is 31.1 Å². The number of benzene rings is 1. The Morgan fingerprint density at radius 2 is 1.81 bits per heavy atom. The highest BCUT2D eigenvalue weighted by atomic mass is 35.5. The van der Waals surface area contributed by atoms with E-state index < -0.39 is 0 Å².